The largest absolute Gasteiger partial charge is 0.493 e. The molecule has 0 spiro atoms. The summed E-state index contributed by atoms with van der Waals surface area (Å²) in [5.41, 5.74) is 1.94. The maximum atomic E-state index is 12.8. The van der Waals surface area contributed by atoms with Gasteiger partial charge in [0.25, 0.3) is 0 Å². The van der Waals surface area contributed by atoms with E-state index >= 15 is 0 Å². The minimum Gasteiger partial charge on any atom is -0.493 e. The van der Waals surface area contributed by atoms with Crippen molar-refractivity contribution in [1.29, 1.82) is 0 Å². The van der Waals surface area contributed by atoms with Crippen LogP contribution in [0.3, 0.4) is 0 Å². The predicted octanol–water partition coefficient (Wildman–Crippen LogP) is 2.70. The molecule has 0 bridgehead atoms. The molecular weight excluding hydrogens is 334 g/mol. The number of hydrogen-bond acceptors (Lipinski definition) is 7. The summed E-state index contributed by atoms with van der Waals surface area (Å²) in [4.78, 5) is 12.8. The van der Waals surface area contributed by atoms with E-state index in [0.29, 0.717) is 29.6 Å². The molecule has 1 aromatic heterocycles. The SMILES string of the molecule is CCCOc1ccccc1[C@H]1C(C(=O)OC(C)C)=C(C)Nc2nnnn21. The van der Waals surface area contributed by atoms with Gasteiger partial charge >= 0.3 is 5.97 Å². The Morgan fingerprint density at radius 2 is 2.12 bits per heavy atom. The molecule has 2 heterocycles. The molecule has 0 fully saturated rings. The van der Waals surface area contributed by atoms with Crippen molar-refractivity contribution in [1.82, 2.24) is 20.2 Å². The molecule has 1 aliphatic rings. The first kappa shape index (κ1) is 17.9. The number of nitrogens with zero attached hydrogens (tertiary/aromatic N) is 4. The summed E-state index contributed by atoms with van der Waals surface area (Å²) in [6, 6.07) is 7.08. The molecule has 0 saturated carbocycles. The number of tetrazole rings is 1. The van der Waals surface area contributed by atoms with E-state index in [2.05, 4.69) is 20.8 Å². The summed E-state index contributed by atoms with van der Waals surface area (Å²) in [6.07, 6.45) is 0.652. The molecule has 26 heavy (non-hydrogen) atoms. The van der Waals surface area contributed by atoms with Crippen LogP contribution in [0, 0.1) is 0 Å². The Morgan fingerprint density at radius 1 is 1.35 bits per heavy atom. The monoisotopic (exact) mass is 357 g/mol. The zero-order chi connectivity index (χ0) is 18.7. The summed E-state index contributed by atoms with van der Waals surface area (Å²) in [5, 5.41) is 14.9. The highest BCUT2D eigenvalue weighted by molar-refractivity contribution is 5.92. The molecule has 138 valence electrons. The van der Waals surface area contributed by atoms with Gasteiger partial charge in [-0.15, -0.1) is 0 Å². The van der Waals surface area contributed by atoms with E-state index in [1.807, 2.05) is 52.0 Å². The molecule has 1 aliphatic heterocycles. The van der Waals surface area contributed by atoms with Gasteiger partial charge in [-0.25, -0.2) is 4.79 Å². The third-order valence-corrected chi connectivity index (χ3v) is 3.95. The quantitative estimate of drug-likeness (QED) is 0.795. The second-order valence-electron chi connectivity index (χ2n) is 6.35. The van der Waals surface area contributed by atoms with E-state index < -0.39 is 12.0 Å². The number of allylic oxidation sites excluding steroid dienone is 1. The smallest absolute Gasteiger partial charge is 0.338 e. The van der Waals surface area contributed by atoms with Crippen LogP contribution in [-0.4, -0.2) is 38.9 Å². The minimum absolute atomic E-state index is 0.231. The predicted molar refractivity (Wildman–Crippen MR) is 95.7 cm³/mol. The lowest BCUT2D eigenvalue weighted by atomic mass is 9.95. The number of fused-ring (bicyclic) bond motifs is 1. The van der Waals surface area contributed by atoms with Gasteiger partial charge in [-0.2, -0.15) is 4.68 Å². The molecular formula is C18H23N5O3. The fourth-order valence-corrected chi connectivity index (χ4v) is 2.89. The Kier molecular flexibility index (Phi) is 5.20. The number of carbonyl (C=O) groups is 1. The number of anilines is 1. The highest BCUT2D eigenvalue weighted by atomic mass is 16.5. The first-order valence-electron chi connectivity index (χ1n) is 8.71. The van der Waals surface area contributed by atoms with Crippen LogP contribution in [0.15, 0.2) is 35.5 Å². The molecule has 3 rings (SSSR count). The molecule has 0 aliphatic carbocycles. The Bertz CT molecular complexity index is 828. The minimum atomic E-state index is -0.527. The second-order valence-corrected chi connectivity index (χ2v) is 6.35. The number of carbonyl (C=O) groups excluding carboxylic acids is 1. The Balaban J connectivity index is 2.11. The molecule has 1 atom stereocenters. The standard InChI is InChI=1S/C18H23N5O3/c1-5-10-25-14-9-7-6-8-13(14)16-15(17(24)26-11(2)3)12(4)19-18-20-21-22-23(16)18/h6-9,11,16H,5,10H2,1-4H3,(H,19,20,22)/t16-/m0/s1. The van der Waals surface area contributed by atoms with Crippen LogP contribution in [0.4, 0.5) is 5.95 Å². The molecule has 0 radical (unpaired) electrons. The van der Waals surface area contributed by atoms with E-state index in [9.17, 15) is 4.79 Å². The number of nitrogens with one attached hydrogen (secondary N) is 1. The molecule has 1 N–H and O–H groups in total. The molecule has 0 saturated heterocycles. The van der Waals surface area contributed by atoms with Crippen LogP contribution in [0.25, 0.3) is 0 Å². The van der Waals surface area contributed by atoms with E-state index in [-0.39, 0.29) is 6.10 Å². The van der Waals surface area contributed by atoms with E-state index in [1.165, 1.54) is 0 Å². The number of esters is 1. The first-order chi connectivity index (χ1) is 12.5. The van der Waals surface area contributed by atoms with Crippen LogP contribution in [0.2, 0.25) is 0 Å². The topological polar surface area (TPSA) is 91.2 Å². The Morgan fingerprint density at radius 3 is 2.85 bits per heavy atom. The lowest BCUT2D eigenvalue weighted by Gasteiger charge is -2.29. The van der Waals surface area contributed by atoms with E-state index in [0.717, 1.165) is 12.0 Å². The number of para-hydroxylation sites is 1. The fourth-order valence-electron chi connectivity index (χ4n) is 2.89. The van der Waals surface area contributed by atoms with Gasteiger partial charge in [0.15, 0.2) is 0 Å². The summed E-state index contributed by atoms with van der Waals surface area (Å²) in [7, 11) is 0. The third-order valence-electron chi connectivity index (χ3n) is 3.95. The van der Waals surface area contributed by atoms with Crippen molar-refractivity contribution in [3.8, 4) is 5.75 Å². The molecule has 0 unspecified atom stereocenters. The number of aromatic nitrogens is 4. The molecule has 1 aromatic carbocycles. The highest BCUT2D eigenvalue weighted by Gasteiger charge is 2.36. The highest BCUT2D eigenvalue weighted by Crippen LogP contribution is 2.39. The summed E-state index contributed by atoms with van der Waals surface area (Å²) >= 11 is 0. The zero-order valence-electron chi connectivity index (χ0n) is 15.4. The lowest BCUT2D eigenvalue weighted by molar-refractivity contribution is -0.143. The van der Waals surface area contributed by atoms with Gasteiger partial charge < -0.3 is 14.8 Å². The number of ether oxygens (including phenoxy) is 2. The fraction of sp³-hybridized carbons (Fsp3) is 0.444. The Labute approximate surface area is 152 Å². The van der Waals surface area contributed by atoms with Crippen molar-refractivity contribution >= 4 is 11.9 Å². The first-order valence-corrected chi connectivity index (χ1v) is 8.71. The molecule has 8 nitrogen and oxygen atoms in total. The van der Waals surface area contributed by atoms with Crippen molar-refractivity contribution in [2.45, 2.75) is 46.3 Å². The van der Waals surface area contributed by atoms with Crippen molar-refractivity contribution in [2.75, 3.05) is 11.9 Å². The summed E-state index contributed by atoms with van der Waals surface area (Å²) in [6.45, 7) is 8.08. The lowest BCUT2D eigenvalue weighted by Crippen LogP contribution is -2.31. The number of benzene rings is 1. The van der Waals surface area contributed by atoms with Gasteiger partial charge in [-0.1, -0.05) is 30.2 Å². The maximum Gasteiger partial charge on any atom is 0.338 e. The van der Waals surface area contributed by atoms with Crippen molar-refractivity contribution in [2.24, 2.45) is 0 Å². The van der Waals surface area contributed by atoms with Gasteiger partial charge in [-0.3, -0.25) is 0 Å². The molecule has 0 amide bonds. The average molecular weight is 357 g/mol. The summed E-state index contributed by atoms with van der Waals surface area (Å²) in [5.74, 6) is 0.769. The van der Waals surface area contributed by atoms with Crippen molar-refractivity contribution < 1.29 is 14.3 Å². The third kappa shape index (κ3) is 3.40. The van der Waals surface area contributed by atoms with Gasteiger partial charge in [0.05, 0.1) is 18.3 Å². The van der Waals surface area contributed by atoms with Crippen LogP contribution in [-0.2, 0) is 9.53 Å². The molecule has 8 heteroatoms. The number of rotatable bonds is 6. The van der Waals surface area contributed by atoms with Crippen LogP contribution >= 0.6 is 0 Å². The summed E-state index contributed by atoms with van der Waals surface area (Å²) < 4.78 is 12.9. The van der Waals surface area contributed by atoms with E-state index in [4.69, 9.17) is 9.47 Å². The average Bonchev–Trinajstić information content (AvgIpc) is 3.06. The van der Waals surface area contributed by atoms with Gasteiger partial charge in [0.2, 0.25) is 5.95 Å². The van der Waals surface area contributed by atoms with E-state index in [1.54, 1.807) is 4.68 Å². The van der Waals surface area contributed by atoms with Crippen LogP contribution < -0.4 is 10.1 Å². The van der Waals surface area contributed by atoms with Crippen LogP contribution in [0.1, 0.15) is 45.7 Å². The van der Waals surface area contributed by atoms with Gasteiger partial charge in [0.1, 0.15) is 11.8 Å². The zero-order valence-corrected chi connectivity index (χ0v) is 15.4. The van der Waals surface area contributed by atoms with Gasteiger partial charge in [0, 0.05) is 11.3 Å². The molecule has 2 aromatic rings. The van der Waals surface area contributed by atoms with Crippen LogP contribution in [0.5, 0.6) is 5.75 Å². The second kappa shape index (κ2) is 7.55. The maximum absolute atomic E-state index is 12.8. The van der Waals surface area contributed by atoms with Crippen molar-refractivity contribution in [3.05, 3.63) is 41.1 Å². The normalized spacial score (nSPS) is 16.3. The van der Waals surface area contributed by atoms with Gasteiger partial charge in [-0.05, 0) is 43.7 Å². The number of hydrogen-bond donors (Lipinski definition) is 1. The van der Waals surface area contributed by atoms with Crippen molar-refractivity contribution in [3.63, 3.8) is 0 Å². The Hall–Kier alpha value is -2.90.